The van der Waals surface area contributed by atoms with Crippen molar-refractivity contribution in [2.24, 2.45) is 0 Å². The second-order valence-corrected chi connectivity index (χ2v) is 3.39. The van der Waals surface area contributed by atoms with Crippen LogP contribution in [0, 0.1) is 6.92 Å². The highest BCUT2D eigenvalue weighted by atomic mass is 127. The smallest absolute Gasteiger partial charge is 0.372 e. The summed E-state index contributed by atoms with van der Waals surface area (Å²) in [6, 6.07) is 5.52. The SMILES string of the molecule is C=Cc1cccc(OC(=O)I)c1C. The first-order valence-electron chi connectivity index (χ1n) is 3.74. The van der Waals surface area contributed by atoms with Crippen molar-refractivity contribution >= 4 is 32.6 Å². The summed E-state index contributed by atoms with van der Waals surface area (Å²) >= 11 is 1.60. The lowest BCUT2D eigenvalue weighted by Gasteiger charge is -2.06. The molecule has 0 atom stereocenters. The fourth-order valence-electron chi connectivity index (χ4n) is 1.05. The minimum absolute atomic E-state index is 0.332. The Morgan fingerprint density at radius 1 is 1.62 bits per heavy atom. The maximum Gasteiger partial charge on any atom is 0.372 e. The van der Waals surface area contributed by atoms with E-state index in [1.54, 1.807) is 34.7 Å². The maximum absolute atomic E-state index is 10.7. The Morgan fingerprint density at radius 3 is 2.85 bits per heavy atom. The summed E-state index contributed by atoms with van der Waals surface area (Å²) in [5.41, 5.74) is 1.91. The third-order valence-electron chi connectivity index (χ3n) is 1.74. The van der Waals surface area contributed by atoms with Gasteiger partial charge in [0.15, 0.2) is 0 Å². The minimum Gasteiger partial charge on any atom is -0.419 e. The van der Waals surface area contributed by atoms with Crippen molar-refractivity contribution in [3.05, 3.63) is 35.9 Å². The van der Waals surface area contributed by atoms with Gasteiger partial charge in [0.25, 0.3) is 0 Å². The van der Waals surface area contributed by atoms with E-state index < -0.39 is 0 Å². The van der Waals surface area contributed by atoms with Crippen LogP contribution in [0.4, 0.5) is 4.79 Å². The molecule has 0 aliphatic rings. The van der Waals surface area contributed by atoms with E-state index in [1.165, 1.54) is 0 Å². The van der Waals surface area contributed by atoms with Crippen LogP contribution < -0.4 is 4.74 Å². The van der Waals surface area contributed by atoms with Gasteiger partial charge in [-0.2, -0.15) is 0 Å². The Bertz CT molecular complexity index is 345. The van der Waals surface area contributed by atoms with Crippen LogP contribution in [0.15, 0.2) is 24.8 Å². The van der Waals surface area contributed by atoms with E-state index in [0.717, 1.165) is 11.1 Å². The molecule has 0 saturated carbocycles. The second-order valence-electron chi connectivity index (χ2n) is 2.51. The average Bonchev–Trinajstić information content (AvgIpc) is 2.08. The molecule has 0 radical (unpaired) electrons. The average molecular weight is 288 g/mol. The number of halogens is 1. The second kappa shape index (κ2) is 4.41. The summed E-state index contributed by atoms with van der Waals surface area (Å²) in [6.07, 6.45) is 1.74. The van der Waals surface area contributed by atoms with Crippen LogP contribution in [0.1, 0.15) is 11.1 Å². The number of rotatable bonds is 2. The molecule has 0 unspecified atom stereocenters. The van der Waals surface area contributed by atoms with Crippen molar-refractivity contribution in [2.45, 2.75) is 6.92 Å². The lowest BCUT2D eigenvalue weighted by molar-refractivity contribution is 0.230. The van der Waals surface area contributed by atoms with Crippen LogP contribution in [0.5, 0.6) is 5.75 Å². The summed E-state index contributed by atoms with van der Waals surface area (Å²) in [5.74, 6) is 0.594. The molecule has 13 heavy (non-hydrogen) atoms. The third-order valence-corrected chi connectivity index (χ3v) is 1.96. The van der Waals surface area contributed by atoms with Crippen LogP contribution in [0.3, 0.4) is 0 Å². The van der Waals surface area contributed by atoms with Crippen LogP contribution in [-0.2, 0) is 0 Å². The first-order valence-corrected chi connectivity index (χ1v) is 4.82. The van der Waals surface area contributed by atoms with Crippen molar-refractivity contribution in [3.8, 4) is 5.75 Å². The van der Waals surface area contributed by atoms with E-state index in [2.05, 4.69) is 6.58 Å². The molecule has 0 spiro atoms. The predicted molar refractivity (Wildman–Crippen MR) is 61.3 cm³/mol. The summed E-state index contributed by atoms with van der Waals surface area (Å²) in [7, 11) is 0. The third kappa shape index (κ3) is 2.55. The van der Waals surface area contributed by atoms with Crippen molar-refractivity contribution < 1.29 is 9.53 Å². The van der Waals surface area contributed by atoms with E-state index in [1.807, 2.05) is 19.1 Å². The molecule has 0 aliphatic heterocycles. The van der Waals surface area contributed by atoms with Gasteiger partial charge in [-0.1, -0.05) is 24.8 Å². The summed E-state index contributed by atoms with van der Waals surface area (Å²) in [5, 5.41) is 0. The Morgan fingerprint density at radius 2 is 2.31 bits per heavy atom. The fraction of sp³-hybridized carbons (Fsp3) is 0.100. The Hall–Kier alpha value is -0.840. The van der Waals surface area contributed by atoms with Gasteiger partial charge in [0, 0.05) is 0 Å². The van der Waals surface area contributed by atoms with Gasteiger partial charge in [-0.15, -0.1) is 0 Å². The number of benzene rings is 1. The number of hydrogen-bond acceptors (Lipinski definition) is 2. The maximum atomic E-state index is 10.7. The van der Waals surface area contributed by atoms with E-state index >= 15 is 0 Å². The van der Waals surface area contributed by atoms with E-state index in [0.29, 0.717) is 5.75 Å². The van der Waals surface area contributed by atoms with Gasteiger partial charge in [0.2, 0.25) is 0 Å². The minimum atomic E-state index is -0.332. The number of carbonyl (C=O) groups excluding carboxylic acids is 1. The monoisotopic (exact) mass is 288 g/mol. The van der Waals surface area contributed by atoms with Crippen molar-refractivity contribution in [2.75, 3.05) is 0 Å². The molecule has 3 heteroatoms. The largest absolute Gasteiger partial charge is 0.419 e. The first-order chi connectivity index (χ1) is 6.15. The Balaban J connectivity index is 3.07. The summed E-state index contributed by atoms with van der Waals surface area (Å²) < 4.78 is 4.66. The molecular formula is C10H9IO2. The molecule has 0 aliphatic carbocycles. The van der Waals surface area contributed by atoms with Gasteiger partial charge in [-0.05, 0) is 24.1 Å². The predicted octanol–water partition coefficient (Wildman–Crippen LogP) is 3.57. The normalized spacial score (nSPS) is 9.38. The van der Waals surface area contributed by atoms with Gasteiger partial charge in [0.1, 0.15) is 5.75 Å². The molecule has 68 valence electrons. The highest BCUT2D eigenvalue weighted by Crippen LogP contribution is 2.22. The van der Waals surface area contributed by atoms with Gasteiger partial charge in [0.05, 0.1) is 22.6 Å². The topological polar surface area (TPSA) is 26.3 Å². The lowest BCUT2D eigenvalue weighted by atomic mass is 10.1. The molecule has 0 N–H and O–H groups in total. The summed E-state index contributed by atoms with van der Waals surface area (Å²) in [4.78, 5) is 10.7. The zero-order valence-corrected chi connectivity index (χ0v) is 9.37. The van der Waals surface area contributed by atoms with Crippen LogP contribution in [0.25, 0.3) is 6.08 Å². The van der Waals surface area contributed by atoms with E-state index in [4.69, 9.17) is 4.74 Å². The van der Waals surface area contributed by atoms with E-state index in [9.17, 15) is 4.79 Å². The molecule has 0 amide bonds. The molecule has 1 aromatic carbocycles. The van der Waals surface area contributed by atoms with E-state index in [-0.39, 0.29) is 3.98 Å². The van der Waals surface area contributed by atoms with Crippen molar-refractivity contribution in [1.29, 1.82) is 0 Å². The first kappa shape index (κ1) is 10.2. The number of ether oxygens (including phenoxy) is 1. The van der Waals surface area contributed by atoms with Gasteiger partial charge in [-0.25, -0.2) is 4.79 Å². The highest BCUT2D eigenvalue weighted by Gasteiger charge is 2.04. The zero-order chi connectivity index (χ0) is 9.84. The van der Waals surface area contributed by atoms with Crippen molar-refractivity contribution in [1.82, 2.24) is 0 Å². The lowest BCUT2D eigenvalue weighted by Crippen LogP contribution is -1.98. The van der Waals surface area contributed by atoms with Gasteiger partial charge >= 0.3 is 3.98 Å². The van der Waals surface area contributed by atoms with Crippen molar-refractivity contribution in [3.63, 3.8) is 0 Å². The fourth-order valence-corrected chi connectivity index (χ4v) is 1.29. The molecule has 0 bridgehead atoms. The molecule has 1 rings (SSSR count). The molecule has 0 fully saturated rings. The molecule has 0 aromatic heterocycles. The zero-order valence-electron chi connectivity index (χ0n) is 7.21. The Kier molecular flexibility index (Phi) is 3.48. The molecule has 0 heterocycles. The van der Waals surface area contributed by atoms with Gasteiger partial charge < -0.3 is 4.74 Å². The number of carbonyl (C=O) groups is 1. The van der Waals surface area contributed by atoms with Crippen LogP contribution >= 0.6 is 22.6 Å². The Labute approximate surface area is 90.7 Å². The number of hydrogen-bond donors (Lipinski definition) is 0. The molecular weight excluding hydrogens is 279 g/mol. The summed E-state index contributed by atoms with van der Waals surface area (Å²) in [6.45, 7) is 5.56. The molecule has 1 aromatic rings. The quantitative estimate of drug-likeness (QED) is 0.614. The van der Waals surface area contributed by atoms with Crippen LogP contribution in [0.2, 0.25) is 0 Å². The van der Waals surface area contributed by atoms with Gasteiger partial charge in [-0.3, -0.25) is 0 Å². The highest BCUT2D eigenvalue weighted by molar-refractivity contribution is 14.1. The standard InChI is InChI=1S/C10H9IO2/c1-3-8-5-4-6-9(7(8)2)13-10(11)12/h3-6H,1H2,2H3. The molecule has 0 saturated heterocycles. The molecule has 2 nitrogen and oxygen atoms in total. The van der Waals surface area contributed by atoms with Crippen LogP contribution in [-0.4, -0.2) is 3.98 Å².